The summed E-state index contributed by atoms with van der Waals surface area (Å²) < 4.78 is 78.4. The monoisotopic (exact) mass is 1800 g/mol. The number of Topliss-reactive ketones (excluding diaryl/α,β-unsaturated/α-hetero) is 2. The van der Waals surface area contributed by atoms with E-state index >= 15 is 0 Å². The zero-order valence-electron chi connectivity index (χ0n) is 77.3. The Bertz CT molecular complexity index is 4570. The number of hydrogen-bond donors (Lipinski definition) is 5. The molecule has 7 N–H and O–H groups in total. The number of allylic oxidation sites excluding steroid dienone is 5. The van der Waals surface area contributed by atoms with E-state index in [1.165, 1.54) is 23.9 Å². The Morgan fingerprint density at radius 3 is 2.09 bits per heavy atom. The van der Waals surface area contributed by atoms with Gasteiger partial charge in [-0.05, 0) is 155 Å². The summed E-state index contributed by atoms with van der Waals surface area (Å²) in [5.41, 5.74) is 20.1. The number of methoxy groups -OCH3 is 3. The second-order valence-corrected chi connectivity index (χ2v) is 35.8. The number of nitrogen functional groups attached to an aromatic ring is 2. The Balaban J connectivity index is 0.524. The summed E-state index contributed by atoms with van der Waals surface area (Å²) >= 11 is 0. The number of amides is 2. The van der Waals surface area contributed by atoms with Gasteiger partial charge in [0.2, 0.25) is 11.7 Å². The molecule has 0 spiro atoms. The SMILES string of the molecule is CO[C@H]1C[C@@H]2CC[C@@H](C)[C@@](O)(O2)C(=O)C(=O)N2CCCC[C@H]2C(=O)O[C@H]([C@H](C)C[C@@H]2CC[C@@H](OC(=O)CCCOCCOCCN3CCN(CCOCCOCCOCCOCCC(=O)N4CCc5cc(Cn6nc(-c7ccc8oc(N)nc8c7)c7c(N)ncnc76)ccc5C4)CC3)[C@H](OC)C2)C[C@@H](O)[C@H](C)/C=C(\C)[C@@H](O)[C@@H](OC)C(=O)[C@H](C)C[C@H](C)/C=C/C=C/C=C/1C. The molecule has 0 radical (unpaired) electrons. The van der Waals surface area contributed by atoms with E-state index < -0.39 is 96.1 Å². The Morgan fingerprint density at radius 1 is 0.690 bits per heavy atom. The van der Waals surface area contributed by atoms with E-state index in [0.29, 0.717) is 209 Å². The van der Waals surface area contributed by atoms with Crippen LogP contribution in [0.4, 0.5) is 11.8 Å². The number of aliphatic hydroxyl groups is 3. The van der Waals surface area contributed by atoms with Crippen LogP contribution in [0.2, 0.25) is 0 Å². The number of anilines is 2. The van der Waals surface area contributed by atoms with Crippen LogP contribution in [-0.2, 0) is 105 Å². The number of rotatable bonds is 35. The number of cyclic esters (lactones) is 1. The summed E-state index contributed by atoms with van der Waals surface area (Å²) in [6, 6.07) is 10.8. The van der Waals surface area contributed by atoms with Crippen LogP contribution in [-0.4, -0.2) is 309 Å². The molecule has 5 aliphatic heterocycles. The molecule has 2 aromatic carbocycles. The lowest BCUT2D eigenvalue weighted by Crippen LogP contribution is -2.61. The van der Waals surface area contributed by atoms with Crippen molar-refractivity contribution in [3.63, 3.8) is 0 Å². The number of hydrogen-bond acceptors (Lipinski definition) is 30. The fourth-order valence-corrected chi connectivity index (χ4v) is 18.5. The maximum atomic E-state index is 14.8. The molecular formula is C96H141N11O22. The molecule has 11 rings (SSSR count). The van der Waals surface area contributed by atoms with Crippen molar-refractivity contribution < 1.29 is 105 Å². The fraction of sp³-hybridized carbons (Fsp3) is 0.667. The van der Waals surface area contributed by atoms with Gasteiger partial charge in [0.05, 0.1) is 115 Å². The lowest BCUT2D eigenvalue weighted by molar-refractivity contribution is -0.265. The van der Waals surface area contributed by atoms with E-state index in [9.17, 15) is 44.1 Å². The number of ketones is 2. The zero-order chi connectivity index (χ0) is 92.1. The Morgan fingerprint density at radius 2 is 1.39 bits per heavy atom. The molecular weight excluding hydrogens is 1660 g/mol. The molecule has 33 nitrogen and oxygen atoms in total. The van der Waals surface area contributed by atoms with Gasteiger partial charge in [-0.1, -0.05) is 89.3 Å². The lowest BCUT2D eigenvalue weighted by Gasteiger charge is -2.43. The van der Waals surface area contributed by atoms with E-state index in [4.69, 9.17) is 77.8 Å². The van der Waals surface area contributed by atoms with Crippen LogP contribution >= 0.6 is 0 Å². The summed E-state index contributed by atoms with van der Waals surface area (Å²) in [4.78, 5) is 105. The number of aromatic nitrogens is 5. The van der Waals surface area contributed by atoms with Crippen molar-refractivity contribution in [3.8, 4) is 11.3 Å². The number of ether oxygens (including phenoxy) is 12. The Labute approximate surface area is 758 Å². The summed E-state index contributed by atoms with van der Waals surface area (Å²) in [5.74, 6) is -7.76. The van der Waals surface area contributed by atoms with Crippen molar-refractivity contribution in [2.45, 2.75) is 225 Å². The molecule has 3 saturated heterocycles. The maximum Gasteiger partial charge on any atom is 0.329 e. The number of piperidine rings is 1. The molecule has 33 heteroatoms. The molecule has 0 unspecified atom stereocenters. The van der Waals surface area contributed by atoms with Crippen LogP contribution in [0.3, 0.4) is 0 Å². The van der Waals surface area contributed by atoms with Crippen LogP contribution in [0, 0.1) is 35.5 Å². The first-order valence-corrected chi connectivity index (χ1v) is 46.5. The smallest absolute Gasteiger partial charge is 0.329 e. The first kappa shape index (κ1) is 101. The topological polar surface area (TPSA) is 408 Å². The van der Waals surface area contributed by atoms with Crippen LogP contribution in [0.5, 0.6) is 0 Å². The molecule has 129 heavy (non-hydrogen) atoms. The van der Waals surface area contributed by atoms with Crippen molar-refractivity contribution >= 4 is 69.3 Å². The zero-order valence-corrected chi connectivity index (χ0v) is 77.3. The molecule has 8 heterocycles. The van der Waals surface area contributed by atoms with Crippen LogP contribution in [0.25, 0.3) is 33.4 Å². The highest BCUT2D eigenvalue weighted by molar-refractivity contribution is 6.39. The third-order valence-electron chi connectivity index (χ3n) is 26.3. The number of carbonyl (C=O) groups excluding carboxylic acids is 6. The standard InChI is InChI=1S/C96H141N11O22/c1-62-17-12-11-13-18-63(2)80(117-8)57-74-26-21-68(7)96(116,129-74)90(113)93(114)106-31-15-14-19-76(106)94(115)127-81(58-77(108)64(3)52-67(6)88(112)89(119-10)87(111)66(5)51-62)65(4)53-69-23-27-79(82(55-69)118-9)126-84(110)20-16-39-120-43-45-122-41-37-103-33-35-104(36-34-103)38-42-123-46-48-125-50-49-124-47-44-121-40-30-83(109)105-32-29-71-54-70(22-24-73(71)60-105)59-107-92-85(91(97)99-61-100-92)86(102-107)72-25-28-78-75(56-72)101-95(98)128-78/h11-13,17-18,22,24-25,28,52,54,56,61-62,64-66,68-69,74,76-77,79-82,88-89,108,112,116H,14-16,19-21,23,26-27,29-51,53,55,57-60H2,1-10H3,(H2,98,101)(H2,97,99,100)/b13-11+,17-12+,63-18+,67-52+/t62-,64-,65-,66-,68-,69+,74+,76+,77-,79-,80+,81+,82-,88-,89+,96-/m1/s1. The van der Waals surface area contributed by atoms with E-state index in [0.717, 1.165) is 68.0 Å². The lowest BCUT2D eigenvalue weighted by atomic mass is 9.78. The average molecular weight is 1800 g/mol. The highest BCUT2D eigenvalue weighted by atomic mass is 16.6. The van der Waals surface area contributed by atoms with Crippen molar-refractivity contribution in [3.05, 3.63) is 107 Å². The maximum absolute atomic E-state index is 14.8. The molecule has 6 aliphatic rings. The summed E-state index contributed by atoms with van der Waals surface area (Å²) in [6.07, 6.45) is 13.1. The van der Waals surface area contributed by atoms with Crippen LogP contribution < -0.4 is 11.5 Å². The molecule has 4 fully saturated rings. The predicted octanol–water partition coefficient (Wildman–Crippen LogP) is 9.16. The van der Waals surface area contributed by atoms with E-state index in [1.54, 1.807) is 47.1 Å². The van der Waals surface area contributed by atoms with Crippen LogP contribution in [0.15, 0.2) is 94.7 Å². The number of nitrogens with two attached hydrogens (primary N) is 2. The summed E-state index contributed by atoms with van der Waals surface area (Å²) in [7, 11) is 4.57. The minimum Gasteiger partial charge on any atom is -0.460 e. The van der Waals surface area contributed by atoms with Crippen molar-refractivity contribution in [2.24, 2.45) is 35.5 Å². The largest absolute Gasteiger partial charge is 0.460 e. The Hall–Kier alpha value is -8.36. The molecule has 1 aliphatic carbocycles. The van der Waals surface area contributed by atoms with Gasteiger partial charge in [0.15, 0.2) is 17.0 Å². The number of fused-ring (bicyclic) bond motifs is 6. The molecule has 2 amide bonds. The summed E-state index contributed by atoms with van der Waals surface area (Å²) in [5, 5.41) is 41.6. The molecule has 1 saturated carbocycles. The normalized spacial score (nSPS) is 28.4. The molecule has 712 valence electrons. The first-order valence-electron chi connectivity index (χ1n) is 46.5. The number of carbonyl (C=O) groups is 6. The molecule has 16 atom stereocenters. The number of aliphatic hydroxyl groups excluding tert-OH is 2. The molecule has 2 bridgehead atoms. The van der Waals surface area contributed by atoms with Gasteiger partial charge >= 0.3 is 11.9 Å². The van der Waals surface area contributed by atoms with Crippen molar-refractivity contribution in [1.29, 1.82) is 0 Å². The molecule has 3 aromatic heterocycles. The number of esters is 2. The number of piperazine rings is 1. The number of oxazole rings is 1. The van der Waals surface area contributed by atoms with E-state index in [2.05, 4.69) is 43.0 Å². The second kappa shape index (κ2) is 50.5. The van der Waals surface area contributed by atoms with Crippen molar-refractivity contribution in [1.82, 2.24) is 44.3 Å². The number of nitrogens with zero attached hydrogens (tertiary/aromatic N) is 9. The van der Waals surface area contributed by atoms with Gasteiger partial charge in [-0.25, -0.2) is 19.4 Å². The average Bonchev–Trinajstić information content (AvgIpc) is 1.63. The van der Waals surface area contributed by atoms with E-state index in [1.807, 2.05) is 79.8 Å². The van der Waals surface area contributed by atoms with Gasteiger partial charge in [0.1, 0.15) is 53.8 Å². The summed E-state index contributed by atoms with van der Waals surface area (Å²) in [6.45, 7) is 25.3. The minimum absolute atomic E-state index is 0.00269. The highest BCUT2D eigenvalue weighted by Crippen LogP contribution is 2.40. The Kier molecular flexibility index (Phi) is 39.6. The first-order chi connectivity index (χ1) is 62.2. The third-order valence-corrected chi connectivity index (χ3v) is 26.3. The third kappa shape index (κ3) is 28.8. The van der Waals surface area contributed by atoms with Crippen LogP contribution in [0.1, 0.15) is 161 Å². The van der Waals surface area contributed by atoms with E-state index in [-0.39, 0.29) is 73.7 Å². The molecule has 5 aromatic rings. The minimum atomic E-state index is -2.47. The fourth-order valence-electron chi connectivity index (χ4n) is 18.5. The van der Waals surface area contributed by atoms with Gasteiger partial charge in [-0.3, -0.25) is 33.8 Å². The van der Waals surface area contributed by atoms with Gasteiger partial charge in [-0.2, -0.15) is 10.1 Å². The van der Waals surface area contributed by atoms with Gasteiger partial charge in [-0.15, -0.1) is 0 Å². The predicted molar refractivity (Wildman–Crippen MR) is 483 cm³/mol. The van der Waals surface area contributed by atoms with Gasteiger partial charge in [0.25, 0.3) is 17.7 Å². The second-order valence-electron chi connectivity index (χ2n) is 35.8. The number of benzene rings is 2. The van der Waals surface area contributed by atoms with Gasteiger partial charge in [0, 0.05) is 129 Å². The van der Waals surface area contributed by atoms with Crippen molar-refractivity contribution in [2.75, 3.05) is 164 Å². The quantitative estimate of drug-likeness (QED) is 0.0109. The highest BCUT2D eigenvalue weighted by Gasteiger charge is 2.53. The van der Waals surface area contributed by atoms with Gasteiger partial charge < -0.3 is 97.8 Å².